The summed E-state index contributed by atoms with van der Waals surface area (Å²) in [7, 11) is -2.35. The van der Waals surface area contributed by atoms with Gasteiger partial charge in [-0.05, 0) is 38.3 Å². The van der Waals surface area contributed by atoms with E-state index in [2.05, 4.69) is 27.4 Å². The molecular weight excluding hydrogens is 483 g/mol. The van der Waals surface area contributed by atoms with Gasteiger partial charge >= 0.3 is 13.3 Å². The molecule has 0 N–H and O–H groups in total. The van der Waals surface area contributed by atoms with Gasteiger partial charge in [0.1, 0.15) is 0 Å². The van der Waals surface area contributed by atoms with Crippen molar-refractivity contribution in [1.82, 2.24) is 0 Å². The average Bonchev–Trinajstić information content (AvgIpc) is 2.89. The van der Waals surface area contributed by atoms with E-state index in [1.54, 1.807) is 19.1 Å². The van der Waals surface area contributed by atoms with E-state index in [-0.39, 0.29) is 5.57 Å². The van der Waals surface area contributed by atoms with Crippen molar-refractivity contribution in [2.75, 3.05) is 19.8 Å². The van der Waals surface area contributed by atoms with Crippen LogP contribution < -0.4 is 19.5 Å². The van der Waals surface area contributed by atoms with Crippen LogP contribution in [0.4, 0.5) is 0 Å². The molecule has 0 aromatic heterocycles. The van der Waals surface area contributed by atoms with Crippen LogP contribution in [0.25, 0.3) is 0 Å². The normalized spacial score (nSPS) is 11.3. The highest BCUT2D eigenvalue weighted by molar-refractivity contribution is 7.71. The maximum atomic E-state index is 13.2. The molecule has 0 aliphatic carbocycles. The number of allylic oxidation sites excluding steroid dienone is 1. The van der Waals surface area contributed by atoms with Gasteiger partial charge in [-0.3, -0.25) is 0 Å². The molecule has 0 amide bonds. The fourth-order valence-corrected chi connectivity index (χ4v) is 5.14. The predicted molar refractivity (Wildman–Crippen MR) is 156 cm³/mol. The van der Waals surface area contributed by atoms with Crippen LogP contribution in [0.15, 0.2) is 24.3 Å². The molecule has 0 fully saturated rings. The highest BCUT2D eigenvalue weighted by Gasteiger charge is 2.38. The van der Waals surface area contributed by atoms with Crippen LogP contribution in [0.2, 0.25) is 0 Å². The summed E-state index contributed by atoms with van der Waals surface area (Å²) in [5, 5.41) is 0.368. The minimum Gasteiger partial charge on any atom is -0.490 e. The van der Waals surface area contributed by atoms with Crippen molar-refractivity contribution < 1.29 is 23.6 Å². The number of rotatable bonds is 24. The summed E-state index contributed by atoms with van der Waals surface area (Å²) in [6, 6.07) is 3.48. The Kier molecular flexibility index (Phi) is 18.9. The molecule has 1 rings (SSSR count). The van der Waals surface area contributed by atoms with E-state index in [4.69, 9.17) is 14.2 Å². The SMILES string of the molecule is C=C(C)C(=O)[P+](=O)c1ccc(OCCCCCCC)c(OCCCCCCC)c1OCCCCCCC. The van der Waals surface area contributed by atoms with Gasteiger partial charge in [0, 0.05) is 5.57 Å². The number of hydrogen-bond acceptors (Lipinski definition) is 5. The molecule has 210 valence electrons. The van der Waals surface area contributed by atoms with Gasteiger partial charge in [-0.2, -0.15) is 0 Å². The third-order valence-electron chi connectivity index (χ3n) is 6.32. The first-order valence-electron chi connectivity index (χ1n) is 14.7. The van der Waals surface area contributed by atoms with Crippen molar-refractivity contribution in [3.05, 3.63) is 24.3 Å². The number of benzene rings is 1. The first-order valence-corrected chi connectivity index (χ1v) is 16.0. The fraction of sp³-hybridized carbons (Fsp3) is 0.710. The Bertz CT molecular complexity index is 805. The molecule has 0 saturated heterocycles. The highest BCUT2D eigenvalue weighted by Crippen LogP contribution is 2.42. The van der Waals surface area contributed by atoms with E-state index in [9.17, 15) is 9.36 Å². The minimum atomic E-state index is -2.35. The average molecular weight is 536 g/mol. The van der Waals surface area contributed by atoms with Gasteiger partial charge in [-0.15, -0.1) is 0 Å². The standard InChI is InChI=1S/C31H52O5P/c1-6-9-12-15-18-23-34-27-21-22-28(37(33)31(32)26(4)5)30(36-25-20-17-14-11-8-3)29(27)35-24-19-16-13-10-7-2/h21-22H,4,6-20,23-25H2,1-3,5H3/q+1. The zero-order valence-electron chi connectivity index (χ0n) is 24.1. The molecule has 1 aromatic rings. The third kappa shape index (κ3) is 13.5. The first-order chi connectivity index (χ1) is 18.0. The van der Waals surface area contributed by atoms with Crippen molar-refractivity contribution in [2.24, 2.45) is 0 Å². The van der Waals surface area contributed by atoms with Gasteiger partial charge in [0.2, 0.25) is 16.8 Å². The van der Waals surface area contributed by atoms with Gasteiger partial charge in [-0.1, -0.05) is 109 Å². The second-order valence-corrected chi connectivity index (χ2v) is 11.4. The molecule has 37 heavy (non-hydrogen) atoms. The number of carbonyl (C=O) groups is 1. The molecule has 1 atom stereocenters. The van der Waals surface area contributed by atoms with Gasteiger partial charge in [0.25, 0.3) is 0 Å². The Morgan fingerprint density at radius 2 is 1.11 bits per heavy atom. The van der Waals surface area contributed by atoms with Crippen LogP contribution in [0, 0.1) is 0 Å². The molecule has 0 radical (unpaired) electrons. The molecule has 1 unspecified atom stereocenters. The molecule has 0 spiro atoms. The van der Waals surface area contributed by atoms with Crippen molar-refractivity contribution in [1.29, 1.82) is 0 Å². The second kappa shape index (κ2) is 21.1. The van der Waals surface area contributed by atoms with Crippen LogP contribution in [0.5, 0.6) is 17.2 Å². The van der Waals surface area contributed by atoms with Crippen molar-refractivity contribution >= 4 is 18.6 Å². The lowest BCUT2D eigenvalue weighted by Crippen LogP contribution is -2.14. The molecular formula is C31H52O5P+. The second-order valence-electron chi connectivity index (χ2n) is 9.91. The van der Waals surface area contributed by atoms with Gasteiger partial charge in [0.05, 0.1) is 19.8 Å². The third-order valence-corrected chi connectivity index (χ3v) is 7.86. The van der Waals surface area contributed by atoms with E-state index in [0.717, 1.165) is 44.9 Å². The van der Waals surface area contributed by atoms with E-state index in [1.807, 2.05) is 0 Å². The van der Waals surface area contributed by atoms with Crippen LogP contribution in [0.1, 0.15) is 124 Å². The number of hydrogen-bond donors (Lipinski definition) is 0. The minimum absolute atomic E-state index is 0.275. The lowest BCUT2D eigenvalue weighted by Gasteiger charge is -2.17. The van der Waals surface area contributed by atoms with E-state index in [0.29, 0.717) is 42.4 Å². The fourth-order valence-electron chi connectivity index (χ4n) is 4.01. The molecule has 0 bridgehead atoms. The lowest BCUT2D eigenvalue weighted by molar-refractivity contribution is -0.108. The Hall–Kier alpha value is -1.87. The Morgan fingerprint density at radius 1 is 0.676 bits per heavy atom. The van der Waals surface area contributed by atoms with Crippen LogP contribution in [0.3, 0.4) is 0 Å². The number of unbranched alkanes of at least 4 members (excludes halogenated alkanes) is 12. The smallest absolute Gasteiger partial charge is 0.462 e. The van der Waals surface area contributed by atoms with Crippen molar-refractivity contribution in [3.8, 4) is 17.2 Å². The maximum absolute atomic E-state index is 13.2. The summed E-state index contributed by atoms with van der Waals surface area (Å²) in [6.07, 6.45) is 16.9. The summed E-state index contributed by atoms with van der Waals surface area (Å²) in [5.41, 5.74) is -0.185. The first kappa shape index (κ1) is 33.2. The van der Waals surface area contributed by atoms with Crippen molar-refractivity contribution in [3.63, 3.8) is 0 Å². The van der Waals surface area contributed by atoms with E-state index in [1.165, 1.54) is 51.4 Å². The van der Waals surface area contributed by atoms with Gasteiger partial charge in [-0.25, -0.2) is 4.79 Å². The zero-order valence-corrected chi connectivity index (χ0v) is 25.0. The highest BCUT2D eigenvalue weighted by atomic mass is 31.1. The summed E-state index contributed by atoms with van der Waals surface area (Å²) in [6.45, 7) is 13.5. The quantitative estimate of drug-likeness (QED) is 0.0750. The molecule has 0 aliphatic rings. The zero-order chi connectivity index (χ0) is 27.3. The Balaban J connectivity index is 3.14. The topological polar surface area (TPSA) is 61.8 Å². The van der Waals surface area contributed by atoms with Gasteiger partial charge in [0.15, 0.2) is 5.75 Å². The predicted octanol–water partition coefficient (Wildman–Crippen LogP) is 9.29. The molecule has 0 saturated carbocycles. The van der Waals surface area contributed by atoms with Crippen LogP contribution in [-0.4, -0.2) is 25.3 Å². The number of carbonyl (C=O) groups excluding carboxylic acids is 1. The molecule has 0 aliphatic heterocycles. The van der Waals surface area contributed by atoms with E-state index < -0.39 is 13.3 Å². The molecule has 0 heterocycles. The van der Waals surface area contributed by atoms with Crippen molar-refractivity contribution in [2.45, 2.75) is 124 Å². The summed E-state index contributed by atoms with van der Waals surface area (Å²) >= 11 is 0. The monoisotopic (exact) mass is 535 g/mol. The maximum Gasteiger partial charge on any atom is 0.462 e. The summed E-state index contributed by atoms with van der Waals surface area (Å²) < 4.78 is 31.9. The van der Waals surface area contributed by atoms with Gasteiger partial charge < -0.3 is 14.2 Å². The van der Waals surface area contributed by atoms with Crippen LogP contribution >= 0.6 is 7.80 Å². The number of ether oxygens (including phenoxy) is 3. The summed E-state index contributed by atoms with van der Waals surface area (Å²) in [5.74, 6) is 1.47. The van der Waals surface area contributed by atoms with E-state index >= 15 is 0 Å². The lowest BCUT2D eigenvalue weighted by atomic mass is 10.1. The summed E-state index contributed by atoms with van der Waals surface area (Å²) in [4.78, 5) is 12.6. The largest absolute Gasteiger partial charge is 0.490 e. The molecule has 6 heteroatoms. The molecule has 5 nitrogen and oxygen atoms in total. The Labute approximate surface area is 227 Å². The Morgan fingerprint density at radius 3 is 1.57 bits per heavy atom. The van der Waals surface area contributed by atoms with Crippen LogP contribution in [-0.2, 0) is 9.36 Å². The molecule has 1 aromatic carbocycles.